The zero-order valence-corrected chi connectivity index (χ0v) is 11.3. The van der Waals surface area contributed by atoms with Crippen LogP contribution in [0.15, 0.2) is 0 Å². The van der Waals surface area contributed by atoms with Gasteiger partial charge < -0.3 is 5.32 Å². The summed E-state index contributed by atoms with van der Waals surface area (Å²) in [6.45, 7) is 2.82. The van der Waals surface area contributed by atoms with Crippen LogP contribution in [0.3, 0.4) is 0 Å². The molecule has 1 heterocycles. The van der Waals surface area contributed by atoms with E-state index in [2.05, 4.69) is 5.32 Å². The van der Waals surface area contributed by atoms with Gasteiger partial charge in [0.05, 0.1) is 6.07 Å². The van der Waals surface area contributed by atoms with E-state index in [1.807, 2.05) is 13.1 Å². The van der Waals surface area contributed by atoms with E-state index >= 15 is 0 Å². The first-order chi connectivity index (χ1) is 8.04. The second-order valence-electron chi connectivity index (χ2n) is 4.47. The van der Waals surface area contributed by atoms with Crippen molar-refractivity contribution in [3.8, 4) is 6.07 Å². The summed E-state index contributed by atoms with van der Waals surface area (Å²) >= 11 is 0. The van der Waals surface area contributed by atoms with Crippen LogP contribution in [0, 0.1) is 11.3 Å². The third-order valence-corrected chi connectivity index (χ3v) is 5.39. The summed E-state index contributed by atoms with van der Waals surface area (Å²) in [6, 6.07) is 1.89. The SMILES string of the molecule is CNCCC1CCCCN1S(=O)(=O)C(C)C#N. The van der Waals surface area contributed by atoms with Crippen molar-refractivity contribution in [1.82, 2.24) is 9.62 Å². The number of nitrogens with zero attached hydrogens (tertiary/aromatic N) is 2. The zero-order valence-electron chi connectivity index (χ0n) is 10.5. The molecule has 0 radical (unpaired) electrons. The Balaban J connectivity index is 2.81. The van der Waals surface area contributed by atoms with Crippen molar-refractivity contribution in [3.05, 3.63) is 0 Å². The molecule has 1 rings (SSSR count). The molecule has 1 fully saturated rings. The van der Waals surface area contributed by atoms with Crippen LogP contribution >= 0.6 is 0 Å². The highest BCUT2D eigenvalue weighted by atomic mass is 32.2. The summed E-state index contributed by atoms with van der Waals surface area (Å²) in [6.07, 6.45) is 3.68. The minimum absolute atomic E-state index is 0.0528. The maximum atomic E-state index is 12.2. The molecule has 0 bridgehead atoms. The molecule has 98 valence electrons. The van der Waals surface area contributed by atoms with Crippen molar-refractivity contribution in [3.63, 3.8) is 0 Å². The molecule has 0 aromatic heterocycles. The lowest BCUT2D eigenvalue weighted by Crippen LogP contribution is -2.47. The molecule has 1 N–H and O–H groups in total. The largest absolute Gasteiger partial charge is 0.320 e. The van der Waals surface area contributed by atoms with Crippen LogP contribution in [0.25, 0.3) is 0 Å². The first-order valence-corrected chi connectivity index (χ1v) is 7.59. The smallest absolute Gasteiger partial charge is 0.230 e. The van der Waals surface area contributed by atoms with Gasteiger partial charge in [-0.1, -0.05) is 6.42 Å². The molecule has 1 saturated heterocycles. The molecule has 1 aliphatic rings. The summed E-state index contributed by atoms with van der Waals surface area (Å²) in [5.41, 5.74) is 0. The minimum atomic E-state index is -3.45. The molecule has 0 spiro atoms. The first kappa shape index (κ1) is 14.4. The molecule has 0 aromatic carbocycles. The molecule has 0 aliphatic carbocycles. The van der Waals surface area contributed by atoms with Gasteiger partial charge in [0, 0.05) is 12.6 Å². The van der Waals surface area contributed by atoms with Gasteiger partial charge in [0.25, 0.3) is 0 Å². The van der Waals surface area contributed by atoms with Crippen molar-refractivity contribution < 1.29 is 8.42 Å². The highest BCUT2D eigenvalue weighted by Gasteiger charge is 2.35. The predicted octanol–water partition coefficient (Wildman–Crippen LogP) is 0.692. The molecule has 6 heteroatoms. The third kappa shape index (κ3) is 3.41. The van der Waals surface area contributed by atoms with Crippen LogP contribution in [-0.4, -0.2) is 44.2 Å². The maximum Gasteiger partial charge on any atom is 0.230 e. The summed E-state index contributed by atoms with van der Waals surface area (Å²) in [5.74, 6) is 0. The van der Waals surface area contributed by atoms with Gasteiger partial charge in [-0.3, -0.25) is 0 Å². The topological polar surface area (TPSA) is 73.2 Å². The number of hydrogen-bond acceptors (Lipinski definition) is 4. The fourth-order valence-corrected chi connectivity index (χ4v) is 3.73. The average Bonchev–Trinajstić information content (AvgIpc) is 2.35. The van der Waals surface area contributed by atoms with Gasteiger partial charge in [0.15, 0.2) is 5.25 Å². The van der Waals surface area contributed by atoms with E-state index < -0.39 is 15.3 Å². The van der Waals surface area contributed by atoms with Crippen molar-refractivity contribution in [2.24, 2.45) is 0 Å². The molecule has 2 atom stereocenters. The number of nitriles is 1. The number of hydrogen-bond donors (Lipinski definition) is 1. The number of rotatable bonds is 5. The highest BCUT2D eigenvalue weighted by Crippen LogP contribution is 2.24. The standard InChI is InChI=1S/C11H21N3O2S/c1-10(9-12)17(15,16)14-8-4-3-5-11(14)6-7-13-2/h10-11,13H,3-8H2,1-2H3. The first-order valence-electron chi connectivity index (χ1n) is 6.09. The average molecular weight is 259 g/mol. The van der Waals surface area contributed by atoms with Gasteiger partial charge >= 0.3 is 0 Å². The van der Waals surface area contributed by atoms with Crippen LogP contribution in [0.1, 0.15) is 32.6 Å². The molecule has 5 nitrogen and oxygen atoms in total. The fraction of sp³-hybridized carbons (Fsp3) is 0.909. The lowest BCUT2D eigenvalue weighted by Gasteiger charge is -2.35. The van der Waals surface area contributed by atoms with E-state index in [1.165, 1.54) is 6.92 Å². The lowest BCUT2D eigenvalue weighted by molar-refractivity contribution is 0.239. The van der Waals surface area contributed by atoms with Crippen LogP contribution in [0.2, 0.25) is 0 Å². The van der Waals surface area contributed by atoms with Gasteiger partial charge in [0.2, 0.25) is 10.0 Å². The number of nitrogens with one attached hydrogen (secondary N) is 1. The lowest BCUT2D eigenvalue weighted by atomic mass is 10.0. The molecular formula is C11H21N3O2S. The Labute approximate surface area is 104 Å². The van der Waals surface area contributed by atoms with Crippen molar-refractivity contribution in [2.75, 3.05) is 20.1 Å². The van der Waals surface area contributed by atoms with Crippen molar-refractivity contribution >= 4 is 10.0 Å². The van der Waals surface area contributed by atoms with Crippen LogP contribution in [0.4, 0.5) is 0 Å². The Morgan fingerprint density at radius 2 is 2.24 bits per heavy atom. The Bertz CT molecular complexity index is 375. The molecule has 0 saturated carbocycles. The summed E-state index contributed by atoms with van der Waals surface area (Å²) in [4.78, 5) is 0. The van der Waals surface area contributed by atoms with Crippen molar-refractivity contribution in [1.29, 1.82) is 5.26 Å². The fourth-order valence-electron chi connectivity index (χ4n) is 2.18. The third-order valence-electron chi connectivity index (χ3n) is 3.26. The molecule has 17 heavy (non-hydrogen) atoms. The van der Waals surface area contributed by atoms with Crippen LogP contribution < -0.4 is 5.32 Å². The van der Waals surface area contributed by atoms with Gasteiger partial charge in [0.1, 0.15) is 0 Å². The monoisotopic (exact) mass is 259 g/mol. The normalized spacial score (nSPS) is 24.2. The summed E-state index contributed by atoms with van der Waals surface area (Å²) in [5, 5.41) is 10.9. The second kappa shape index (κ2) is 6.34. The Morgan fingerprint density at radius 1 is 1.53 bits per heavy atom. The summed E-state index contributed by atoms with van der Waals surface area (Å²) < 4.78 is 25.9. The summed E-state index contributed by atoms with van der Waals surface area (Å²) in [7, 11) is -1.59. The number of sulfonamides is 1. The van der Waals surface area contributed by atoms with Gasteiger partial charge in [-0.15, -0.1) is 0 Å². The minimum Gasteiger partial charge on any atom is -0.320 e. The van der Waals surface area contributed by atoms with Gasteiger partial charge in [-0.25, -0.2) is 8.42 Å². The Hall–Kier alpha value is -0.640. The van der Waals surface area contributed by atoms with E-state index in [0.717, 1.165) is 32.2 Å². The van der Waals surface area contributed by atoms with E-state index in [4.69, 9.17) is 5.26 Å². The van der Waals surface area contributed by atoms with E-state index in [1.54, 1.807) is 4.31 Å². The Kier molecular flexibility index (Phi) is 5.37. The highest BCUT2D eigenvalue weighted by molar-refractivity contribution is 7.90. The van der Waals surface area contributed by atoms with E-state index in [-0.39, 0.29) is 6.04 Å². The van der Waals surface area contributed by atoms with Gasteiger partial charge in [-0.05, 0) is 39.8 Å². The Morgan fingerprint density at radius 3 is 2.82 bits per heavy atom. The molecule has 0 amide bonds. The van der Waals surface area contributed by atoms with Gasteiger partial charge in [-0.2, -0.15) is 9.57 Å². The molecule has 2 unspecified atom stereocenters. The maximum absolute atomic E-state index is 12.2. The number of piperidine rings is 1. The second-order valence-corrected chi connectivity index (χ2v) is 6.67. The van der Waals surface area contributed by atoms with E-state index in [0.29, 0.717) is 6.54 Å². The van der Waals surface area contributed by atoms with Crippen LogP contribution in [0.5, 0.6) is 0 Å². The van der Waals surface area contributed by atoms with Crippen molar-refractivity contribution in [2.45, 2.75) is 43.9 Å². The molecular weight excluding hydrogens is 238 g/mol. The van der Waals surface area contributed by atoms with Crippen LogP contribution in [-0.2, 0) is 10.0 Å². The predicted molar refractivity (Wildman–Crippen MR) is 66.9 cm³/mol. The molecule has 1 aliphatic heterocycles. The quantitative estimate of drug-likeness (QED) is 0.788. The molecule has 0 aromatic rings. The zero-order chi connectivity index (χ0) is 12.9. The van der Waals surface area contributed by atoms with E-state index in [9.17, 15) is 8.42 Å².